The van der Waals surface area contributed by atoms with E-state index in [1.165, 1.54) is 32.2 Å². The van der Waals surface area contributed by atoms with Crippen molar-refractivity contribution in [2.75, 3.05) is 13.6 Å². The SMILES string of the molecule is CN(Cc1cnc(Cl)cn1)CC1CC2CCC1C2. The van der Waals surface area contributed by atoms with Gasteiger partial charge in [0.2, 0.25) is 0 Å². The van der Waals surface area contributed by atoms with Crippen molar-refractivity contribution >= 4 is 11.6 Å². The Labute approximate surface area is 114 Å². The van der Waals surface area contributed by atoms with Gasteiger partial charge in [-0.25, -0.2) is 4.98 Å². The van der Waals surface area contributed by atoms with Crippen molar-refractivity contribution in [2.24, 2.45) is 17.8 Å². The molecule has 0 aliphatic heterocycles. The van der Waals surface area contributed by atoms with Crippen molar-refractivity contribution in [3.05, 3.63) is 23.2 Å². The summed E-state index contributed by atoms with van der Waals surface area (Å²) < 4.78 is 0. The van der Waals surface area contributed by atoms with E-state index in [0.717, 1.165) is 30.0 Å². The minimum Gasteiger partial charge on any atom is -0.300 e. The van der Waals surface area contributed by atoms with Crippen LogP contribution in [0.4, 0.5) is 0 Å². The van der Waals surface area contributed by atoms with Crippen LogP contribution in [0.2, 0.25) is 5.15 Å². The third-order valence-corrected chi connectivity index (χ3v) is 4.73. The molecule has 0 amide bonds. The van der Waals surface area contributed by atoms with Crippen LogP contribution in [0.3, 0.4) is 0 Å². The van der Waals surface area contributed by atoms with Crippen molar-refractivity contribution in [3.8, 4) is 0 Å². The second-order valence-corrected chi connectivity index (χ2v) is 6.35. The molecule has 1 aromatic heterocycles. The van der Waals surface area contributed by atoms with Crippen molar-refractivity contribution in [3.63, 3.8) is 0 Å². The normalized spacial score (nSPS) is 30.3. The van der Waals surface area contributed by atoms with E-state index < -0.39 is 0 Å². The van der Waals surface area contributed by atoms with E-state index in [1.54, 1.807) is 12.4 Å². The maximum Gasteiger partial charge on any atom is 0.147 e. The van der Waals surface area contributed by atoms with Gasteiger partial charge < -0.3 is 4.90 Å². The van der Waals surface area contributed by atoms with Crippen molar-refractivity contribution in [2.45, 2.75) is 32.2 Å². The van der Waals surface area contributed by atoms with Gasteiger partial charge in [-0.15, -0.1) is 0 Å². The summed E-state index contributed by atoms with van der Waals surface area (Å²) in [5, 5.41) is 0.467. The molecule has 2 fully saturated rings. The monoisotopic (exact) mass is 265 g/mol. The smallest absolute Gasteiger partial charge is 0.147 e. The molecule has 2 bridgehead atoms. The lowest BCUT2D eigenvalue weighted by Gasteiger charge is -2.26. The van der Waals surface area contributed by atoms with Crippen LogP contribution in [0.1, 0.15) is 31.4 Å². The van der Waals surface area contributed by atoms with E-state index in [-0.39, 0.29) is 0 Å². The number of hydrogen-bond donors (Lipinski definition) is 0. The lowest BCUT2D eigenvalue weighted by molar-refractivity contribution is 0.213. The second-order valence-electron chi connectivity index (χ2n) is 5.96. The minimum atomic E-state index is 0.467. The fourth-order valence-corrected chi connectivity index (χ4v) is 3.86. The molecule has 2 saturated carbocycles. The van der Waals surface area contributed by atoms with Crippen LogP contribution in [0, 0.1) is 17.8 Å². The number of aromatic nitrogens is 2. The van der Waals surface area contributed by atoms with Crippen LogP contribution in [0.25, 0.3) is 0 Å². The summed E-state index contributed by atoms with van der Waals surface area (Å²) in [6, 6.07) is 0. The summed E-state index contributed by atoms with van der Waals surface area (Å²) in [5.74, 6) is 2.94. The molecule has 3 rings (SSSR count). The van der Waals surface area contributed by atoms with Gasteiger partial charge in [-0.2, -0.15) is 0 Å². The Morgan fingerprint density at radius 2 is 2.17 bits per heavy atom. The molecule has 0 radical (unpaired) electrons. The topological polar surface area (TPSA) is 29.0 Å². The first-order valence-corrected chi connectivity index (χ1v) is 7.23. The maximum atomic E-state index is 5.74. The van der Waals surface area contributed by atoms with Crippen LogP contribution in [0.5, 0.6) is 0 Å². The van der Waals surface area contributed by atoms with Crippen molar-refractivity contribution in [1.29, 1.82) is 0 Å². The fraction of sp³-hybridized carbons (Fsp3) is 0.714. The molecule has 2 aliphatic carbocycles. The largest absolute Gasteiger partial charge is 0.300 e. The number of hydrogen-bond acceptors (Lipinski definition) is 3. The molecule has 0 N–H and O–H groups in total. The fourth-order valence-electron chi connectivity index (χ4n) is 3.76. The Bertz CT molecular complexity index is 406. The predicted octanol–water partition coefficient (Wildman–Crippen LogP) is 3.00. The average Bonchev–Trinajstić information content (AvgIpc) is 2.94. The van der Waals surface area contributed by atoms with Gasteiger partial charge in [0.15, 0.2) is 0 Å². The molecular weight excluding hydrogens is 246 g/mol. The van der Waals surface area contributed by atoms with Crippen LogP contribution in [0.15, 0.2) is 12.4 Å². The summed E-state index contributed by atoms with van der Waals surface area (Å²) in [5.41, 5.74) is 1.00. The van der Waals surface area contributed by atoms with Gasteiger partial charge in [0.25, 0.3) is 0 Å². The van der Waals surface area contributed by atoms with Crippen LogP contribution < -0.4 is 0 Å². The first-order chi connectivity index (χ1) is 8.70. The van der Waals surface area contributed by atoms with E-state index in [9.17, 15) is 0 Å². The van der Waals surface area contributed by atoms with Gasteiger partial charge in [0.05, 0.1) is 18.1 Å². The molecule has 1 aromatic rings. The summed E-state index contributed by atoms with van der Waals surface area (Å²) in [6.45, 7) is 2.07. The molecule has 1 heterocycles. The predicted molar refractivity (Wildman–Crippen MR) is 72.3 cm³/mol. The molecule has 4 heteroatoms. The quantitative estimate of drug-likeness (QED) is 0.838. The van der Waals surface area contributed by atoms with E-state index in [4.69, 9.17) is 11.6 Å². The molecule has 98 valence electrons. The van der Waals surface area contributed by atoms with Crippen LogP contribution in [-0.4, -0.2) is 28.5 Å². The van der Waals surface area contributed by atoms with Gasteiger partial charge in [-0.05, 0) is 44.1 Å². The molecule has 0 aromatic carbocycles. The van der Waals surface area contributed by atoms with Gasteiger partial charge in [0, 0.05) is 13.1 Å². The highest BCUT2D eigenvalue weighted by Gasteiger charge is 2.39. The summed E-state index contributed by atoms with van der Waals surface area (Å²) in [4.78, 5) is 10.8. The summed E-state index contributed by atoms with van der Waals surface area (Å²) in [6.07, 6.45) is 9.28. The lowest BCUT2D eigenvalue weighted by Crippen LogP contribution is -2.28. The van der Waals surface area contributed by atoms with Crippen LogP contribution >= 0.6 is 11.6 Å². The maximum absolute atomic E-state index is 5.74. The van der Waals surface area contributed by atoms with E-state index in [2.05, 4.69) is 21.9 Å². The summed E-state index contributed by atoms with van der Waals surface area (Å²) in [7, 11) is 2.18. The molecule has 18 heavy (non-hydrogen) atoms. The molecule has 3 unspecified atom stereocenters. The minimum absolute atomic E-state index is 0.467. The Hall–Kier alpha value is -0.670. The van der Waals surface area contributed by atoms with Gasteiger partial charge in [-0.3, -0.25) is 4.98 Å². The highest BCUT2D eigenvalue weighted by Crippen LogP contribution is 2.48. The van der Waals surface area contributed by atoms with E-state index in [0.29, 0.717) is 5.15 Å². The standard InChI is InChI=1S/C14H20ClN3/c1-18(9-13-6-17-14(15)7-16-13)8-12-5-10-2-3-11(12)4-10/h6-7,10-12H,2-5,8-9H2,1H3. The first kappa shape index (κ1) is 12.4. The Balaban J connectivity index is 1.52. The molecule has 0 spiro atoms. The zero-order valence-electron chi connectivity index (χ0n) is 10.8. The molecule has 2 aliphatic rings. The van der Waals surface area contributed by atoms with Gasteiger partial charge in [0.1, 0.15) is 5.15 Å². The Morgan fingerprint density at radius 3 is 2.78 bits per heavy atom. The highest BCUT2D eigenvalue weighted by molar-refractivity contribution is 6.29. The van der Waals surface area contributed by atoms with E-state index in [1.807, 2.05) is 0 Å². The zero-order chi connectivity index (χ0) is 12.5. The third kappa shape index (κ3) is 2.67. The molecule has 0 saturated heterocycles. The van der Waals surface area contributed by atoms with E-state index >= 15 is 0 Å². The van der Waals surface area contributed by atoms with Crippen molar-refractivity contribution in [1.82, 2.24) is 14.9 Å². The zero-order valence-corrected chi connectivity index (χ0v) is 11.6. The molecule has 3 atom stereocenters. The number of fused-ring (bicyclic) bond motifs is 2. The van der Waals surface area contributed by atoms with Gasteiger partial charge >= 0.3 is 0 Å². The third-order valence-electron chi connectivity index (χ3n) is 4.54. The number of halogens is 1. The highest BCUT2D eigenvalue weighted by atomic mass is 35.5. The number of rotatable bonds is 4. The van der Waals surface area contributed by atoms with Crippen LogP contribution in [-0.2, 0) is 6.54 Å². The molecule has 3 nitrogen and oxygen atoms in total. The Kier molecular flexibility index (Phi) is 3.53. The van der Waals surface area contributed by atoms with Crippen molar-refractivity contribution < 1.29 is 0 Å². The van der Waals surface area contributed by atoms with Gasteiger partial charge in [-0.1, -0.05) is 18.0 Å². The second kappa shape index (κ2) is 5.14. The first-order valence-electron chi connectivity index (χ1n) is 6.85. The lowest BCUT2D eigenvalue weighted by atomic mass is 9.88. The Morgan fingerprint density at radius 1 is 1.28 bits per heavy atom. The summed E-state index contributed by atoms with van der Waals surface area (Å²) >= 11 is 5.74. The average molecular weight is 266 g/mol. The number of nitrogens with zero attached hydrogens (tertiary/aromatic N) is 3. The molecular formula is C14H20ClN3.